The van der Waals surface area contributed by atoms with Crippen LogP contribution in [0, 0.1) is 5.82 Å². The van der Waals surface area contributed by atoms with Crippen LogP contribution in [0.5, 0.6) is 0 Å². The molecule has 3 rings (SSSR count). The SMILES string of the molecule is CN(c1cc2oc(=O)[nH]c2cc1F)[C@@H]1CCCOC1. The monoisotopic (exact) mass is 266 g/mol. The number of nitrogens with zero attached hydrogens (tertiary/aromatic N) is 1. The molecule has 1 fully saturated rings. The van der Waals surface area contributed by atoms with E-state index in [0.717, 1.165) is 19.4 Å². The highest BCUT2D eigenvalue weighted by molar-refractivity contribution is 5.77. The molecule has 0 saturated carbocycles. The summed E-state index contributed by atoms with van der Waals surface area (Å²) in [6.07, 6.45) is 1.93. The van der Waals surface area contributed by atoms with Crippen molar-refractivity contribution in [1.82, 2.24) is 4.98 Å². The van der Waals surface area contributed by atoms with Crippen molar-refractivity contribution in [2.24, 2.45) is 0 Å². The molecule has 0 spiro atoms. The Bertz CT molecular complexity index is 643. The van der Waals surface area contributed by atoms with E-state index in [9.17, 15) is 9.18 Å². The summed E-state index contributed by atoms with van der Waals surface area (Å²) in [6.45, 7) is 1.35. The van der Waals surface area contributed by atoms with Gasteiger partial charge in [0.1, 0.15) is 5.82 Å². The number of nitrogens with one attached hydrogen (secondary N) is 1. The largest absolute Gasteiger partial charge is 0.417 e. The van der Waals surface area contributed by atoms with Gasteiger partial charge in [0.05, 0.1) is 23.9 Å². The Hall–Kier alpha value is -1.82. The first-order chi connectivity index (χ1) is 9.15. The van der Waals surface area contributed by atoms with E-state index in [4.69, 9.17) is 9.15 Å². The van der Waals surface area contributed by atoms with Crippen LogP contribution in [0.15, 0.2) is 21.3 Å². The number of oxazole rings is 1. The van der Waals surface area contributed by atoms with Crippen molar-refractivity contribution in [2.75, 3.05) is 25.2 Å². The summed E-state index contributed by atoms with van der Waals surface area (Å²) in [5, 5.41) is 0. The number of ether oxygens (including phenoxy) is 1. The quantitative estimate of drug-likeness (QED) is 0.901. The fourth-order valence-electron chi connectivity index (χ4n) is 2.46. The van der Waals surface area contributed by atoms with E-state index < -0.39 is 5.76 Å². The van der Waals surface area contributed by atoms with Crippen molar-refractivity contribution in [3.05, 3.63) is 28.5 Å². The van der Waals surface area contributed by atoms with Crippen LogP contribution in [0.4, 0.5) is 10.1 Å². The van der Waals surface area contributed by atoms with E-state index in [1.54, 1.807) is 6.07 Å². The van der Waals surface area contributed by atoms with Crippen LogP contribution >= 0.6 is 0 Å². The van der Waals surface area contributed by atoms with Gasteiger partial charge in [-0.15, -0.1) is 0 Å². The molecule has 5 nitrogen and oxygen atoms in total. The molecule has 1 aromatic heterocycles. The van der Waals surface area contributed by atoms with Crippen molar-refractivity contribution in [3.8, 4) is 0 Å². The summed E-state index contributed by atoms with van der Waals surface area (Å²) in [6, 6.07) is 2.98. The molecule has 1 N–H and O–H groups in total. The molecule has 1 saturated heterocycles. The lowest BCUT2D eigenvalue weighted by Crippen LogP contribution is -2.38. The van der Waals surface area contributed by atoms with Gasteiger partial charge in [0.15, 0.2) is 5.58 Å². The van der Waals surface area contributed by atoms with Gasteiger partial charge in [0.25, 0.3) is 0 Å². The van der Waals surface area contributed by atoms with Gasteiger partial charge < -0.3 is 14.1 Å². The summed E-state index contributed by atoms with van der Waals surface area (Å²) in [4.78, 5) is 15.4. The molecule has 19 heavy (non-hydrogen) atoms. The molecular weight excluding hydrogens is 251 g/mol. The first-order valence-electron chi connectivity index (χ1n) is 6.28. The van der Waals surface area contributed by atoms with E-state index in [1.807, 2.05) is 11.9 Å². The number of hydrogen-bond acceptors (Lipinski definition) is 4. The Morgan fingerprint density at radius 3 is 3.05 bits per heavy atom. The van der Waals surface area contributed by atoms with Crippen LogP contribution in [0.1, 0.15) is 12.8 Å². The third-order valence-electron chi connectivity index (χ3n) is 3.55. The Kier molecular flexibility index (Phi) is 3.02. The first-order valence-corrected chi connectivity index (χ1v) is 6.28. The number of halogens is 1. The third-order valence-corrected chi connectivity index (χ3v) is 3.55. The zero-order valence-electron chi connectivity index (χ0n) is 10.6. The van der Waals surface area contributed by atoms with E-state index in [2.05, 4.69) is 4.98 Å². The van der Waals surface area contributed by atoms with Crippen LogP contribution in [0.3, 0.4) is 0 Å². The molecule has 0 unspecified atom stereocenters. The van der Waals surface area contributed by atoms with Gasteiger partial charge in [-0.2, -0.15) is 0 Å². The minimum absolute atomic E-state index is 0.145. The lowest BCUT2D eigenvalue weighted by molar-refractivity contribution is 0.0805. The number of likely N-dealkylation sites (N-methyl/N-ethyl adjacent to an activating group) is 1. The summed E-state index contributed by atoms with van der Waals surface area (Å²) >= 11 is 0. The van der Waals surface area contributed by atoms with Crippen LogP contribution < -0.4 is 10.7 Å². The smallest absolute Gasteiger partial charge is 0.408 e. The molecule has 1 atom stereocenters. The fourth-order valence-corrected chi connectivity index (χ4v) is 2.46. The lowest BCUT2D eigenvalue weighted by Gasteiger charge is -2.32. The average Bonchev–Trinajstić information content (AvgIpc) is 2.77. The summed E-state index contributed by atoms with van der Waals surface area (Å²) < 4.78 is 24.5. The van der Waals surface area contributed by atoms with E-state index in [-0.39, 0.29) is 11.9 Å². The minimum Gasteiger partial charge on any atom is -0.408 e. The molecule has 2 heterocycles. The van der Waals surface area contributed by atoms with E-state index in [1.165, 1.54) is 6.07 Å². The van der Waals surface area contributed by atoms with Gasteiger partial charge in [-0.1, -0.05) is 0 Å². The summed E-state index contributed by atoms with van der Waals surface area (Å²) in [7, 11) is 1.83. The molecule has 0 amide bonds. The van der Waals surface area contributed by atoms with Gasteiger partial charge in [-0.3, -0.25) is 4.98 Å². The van der Waals surface area contributed by atoms with Gasteiger partial charge in [-0.25, -0.2) is 9.18 Å². The van der Waals surface area contributed by atoms with Crippen molar-refractivity contribution < 1.29 is 13.5 Å². The Morgan fingerprint density at radius 2 is 2.32 bits per heavy atom. The second kappa shape index (κ2) is 4.70. The van der Waals surface area contributed by atoms with Crippen molar-refractivity contribution in [3.63, 3.8) is 0 Å². The molecule has 0 bridgehead atoms. The lowest BCUT2D eigenvalue weighted by atomic mass is 10.1. The second-order valence-corrected chi connectivity index (χ2v) is 4.80. The maximum absolute atomic E-state index is 14.1. The van der Waals surface area contributed by atoms with E-state index in [0.29, 0.717) is 23.4 Å². The maximum atomic E-state index is 14.1. The number of benzene rings is 1. The number of H-pyrrole nitrogens is 1. The fraction of sp³-hybridized carbons (Fsp3) is 0.462. The van der Waals surface area contributed by atoms with Gasteiger partial charge in [0.2, 0.25) is 0 Å². The number of aromatic amines is 1. The normalized spacial score (nSPS) is 19.8. The van der Waals surface area contributed by atoms with E-state index >= 15 is 0 Å². The van der Waals surface area contributed by atoms with Gasteiger partial charge >= 0.3 is 5.76 Å². The van der Waals surface area contributed by atoms with Crippen LogP contribution in [-0.2, 0) is 4.74 Å². The number of rotatable bonds is 2. The molecule has 102 valence electrons. The predicted octanol–water partition coefficient (Wildman–Crippen LogP) is 1.88. The highest BCUT2D eigenvalue weighted by Gasteiger charge is 2.22. The Morgan fingerprint density at radius 1 is 1.47 bits per heavy atom. The standard InChI is InChI=1S/C13H15FN2O3/c1-16(8-3-2-4-18-7-8)11-6-12-10(5-9(11)14)15-13(17)19-12/h5-6,8H,2-4,7H2,1H3,(H,15,17)/t8-/m1/s1. The van der Waals surface area contributed by atoms with Crippen LogP contribution in [0.2, 0.25) is 0 Å². The Labute approximate surface area is 109 Å². The van der Waals surface area contributed by atoms with Crippen molar-refractivity contribution in [2.45, 2.75) is 18.9 Å². The molecule has 0 aliphatic carbocycles. The zero-order valence-corrected chi connectivity index (χ0v) is 10.6. The topological polar surface area (TPSA) is 58.5 Å². The maximum Gasteiger partial charge on any atom is 0.417 e. The van der Waals surface area contributed by atoms with Crippen molar-refractivity contribution >= 4 is 16.8 Å². The number of aromatic nitrogens is 1. The van der Waals surface area contributed by atoms with Gasteiger partial charge in [0, 0.05) is 25.8 Å². The molecule has 2 aromatic rings. The third kappa shape index (κ3) is 2.23. The number of hydrogen-bond donors (Lipinski definition) is 1. The highest BCUT2D eigenvalue weighted by Crippen LogP contribution is 2.27. The van der Waals surface area contributed by atoms with Crippen LogP contribution in [-0.4, -0.2) is 31.3 Å². The number of fused-ring (bicyclic) bond motifs is 1. The molecule has 1 aromatic carbocycles. The summed E-state index contributed by atoms with van der Waals surface area (Å²) in [5.41, 5.74) is 1.16. The molecule has 0 radical (unpaired) electrons. The summed E-state index contributed by atoms with van der Waals surface area (Å²) in [5.74, 6) is -0.951. The minimum atomic E-state index is -0.574. The molecule has 6 heteroatoms. The average molecular weight is 266 g/mol. The highest BCUT2D eigenvalue weighted by atomic mass is 19.1. The molecular formula is C13H15FN2O3. The molecule has 1 aliphatic rings. The van der Waals surface area contributed by atoms with Gasteiger partial charge in [-0.05, 0) is 12.8 Å². The predicted molar refractivity (Wildman–Crippen MR) is 69.0 cm³/mol. The van der Waals surface area contributed by atoms with Crippen LogP contribution in [0.25, 0.3) is 11.1 Å². The number of anilines is 1. The Balaban J connectivity index is 1.98. The second-order valence-electron chi connectivity index (χ2n) is 4.80. The first kappa shape index (κ1) is 12.2. The molecule has 1 aliphatic heterocycles. The zero-order chi connectivity index (χ0) is 13.4. The van der Waals surface area contributed by atoms with Crippen molar-refractivity contribution in [1.29, 1.82) is 0 Å².